The Morgan fingerprint density at radius 1 is 1.27 bits per heavy atom. The standard InChI is InChI=1S/C4H5ClO6/c5-11-4(8)2-10-9-1-3(6)7/h1-2H2,(H,6,7). The largest absolute Gasteiger partial charge is 0.479 e. The predicted octanol–water partition coefficient (Wildman–Crippen LogP) is -0.284. The van der Waals surface area contributed by atoms with E-state index in [1.165, 1.54) is 0 Å². The molecule has 0 spiro atoms. The van der Waals surface area contributed by atoms with Gasteiger partial charge in [-0.05, 0) is 0 Å². The Labute approximate surface area is 66.7 Å². The molecule has 0 bridgehead atoms. The molecule has 6 nitrogen and oxygen atoms in total. The summed E-state index contributed by atoms with van der Waals surface area (Å²) in [4.78, 5) is 28.0. The van der Waals surface area contributed by atoms with E-state index < -0.39 is 25.2 Å². The Morgan fingerprint density at radius 2 is 1.82 bits per heavy atom. The number of hydrogen-bond acceptors (Lipinski definition) is 5. The molecule has 0 fully saturated rings. The maximum Gasteiger partial charge on any atom is 0.353 e. The van der Waals surface area contributed by atoms with Crippen molar-refractivity contribution in [2.75, 3.05) is 13.2 Å². The van der Waals surface area contributed by atoms with Crippen LogP contribution in [0.2, 0.25) is 0 Å². The van der Waals surface area contributed by atoms with Gasteiger partial charge < -0.3 is 9.40 Å². The molecule has 0 saturated carbocycles. The van der Waals surface area contributed by atoms with E-state index >= 15 is 0 Å². The molecule has 0 aliphatic rings. The Kier molecular flexibility index (Phi) is 5.44. The molecule has 0 aliphatic heterocycles. The van der Waals surface area contributed by atoms with Crippen LogP contribution in [0.1, 0.15) is 0 Å². The van der Waals surface area contributed by atoms with Crippen molar-refractivity contribution in [1.82, 2.24) is 0 Å². The Balaban J connectivity index is 3.14. The van der Waals surface area contributed by atoms with Crippen molar-refractivity contribution in [3.63, 3.8) is 0 Å². The van der Waals surface area contributed by atoms with Crippen LogP contribution in [0.15, 0.2) is 0 Å². The summed E-state index contributed by atoms with van der Waals surface area (Å²) in [6.07, 6.45) is 0. The fourth-order valence-electron chi connectivity index (χ4n) is 0.204. The van der Waals surface area contributed by atoms with Gasteiger partial charge in [-0.2, -0.15) is 0 Å². The van der Waals surface area contributed by atoms with E-state index in [-0.39, 0.29) is 0 Å². The molecule has 11 heavy (non-hydrogen) atoms. The van der Waals surface area contributed by atoms with Crippen LogP contribution in [0.5, 0.6) is 0 Å². The second kappa shape index (κ2) is 5.90. The number of hydrogen-bond donors (Lipinski definition) is 1. The van der Waals surface area contributed by atoms with E-state index in [4.69, 9.17) is 5.11 Å². The molecule has 0 amide bonds. The number of carboxylic acid groups (broad SMARTS) is 1. The summed E-state index contributed by atoms with van der Waals surface area (Å²) in [5.74, 6) is -2.07. The molecule has 64 valence electrons. The third kappa shape index (κ3) is 7.04. The van der Waals surface area contributed by atoms with Crippen LogP contribution < -0.4 is 0 Å². The lowest BCUT2D eigenvalue weighted by molar-refractivity contribution is -0.289. The smallest absolute Gasteiger partial charge is 0.353 e. The van der Waals surface area contributed by atoms with Gasteiger partial charge in [-0.3, -0.25) is 0 Å². The molecular weight excluding hydrogens is 179 g/mol. The van der Waals surface area contributed by atoms with E-state index in [0.29, 0.717) is 0 Å². The lowest BCUT2D eigenvalue weighted by atomic mass is 10.8. The monoisotopic (exact) mass is 184 g/mol. The average molecular weight is 185 g/mol. The Morgan fingerprint density at radius 3 is 2.27 bits per heavy atom. The number of halogens is 1. The Bertz CT molecular complexity index is 146. The zero-order chi connectivity index (χ0) is 8.69. The first-order chi connectivity index (χ1) is 5.16. The summed E-state index contributed by atoms with van der Waals surface area (Å²) < 4.78 is 3.64. The molecule has 0 rings (SSSR count). The lowest BCUT2D eigenvalue weighted by Crippen LogP contribution is -2.12. The van der Waals surface area contributed by atoms with Crippen LogP contribution in [0.4, 0.5) is 0 Å². The summed E-state index contributed by atoms with van der Waals surface area (Å²) in [6, 6.07) is 0. The van der Waals surface area contributed by atoms with Gasteiger partial charge in [0.15, 0.2) is 13.2 Å². The van der Waals surface area contributed by atoms with Crippen molar-refractivity contribution in [3.05, 3.63) is 0 Å². The molecule has 0 saturated heterocycles. The van der Waals surface area contributed by atoms with Crippen molar-refractivity contribution in [2.45, 2.75) is 0 Å². The van der Waals surface area contributed by atoms with E-state index in [9.17, 15) is 9.59 Å². The first-order valence-electron chi connectivity index (χ1n) is 2.44. The fourth-order valence-corrected chi connectivity index (χ4v) is 0.249. The van der Waals surface area contributed by atoms with Crippen LogP contribution >= 0.6 is 11.9 Å². The highest BCUT2D eigenvalue weighted by Gasteiger charge is 2.03. The molecule has 0 unspecified atom stereocenters. The van der Waals surface area contributed by atoms with Crippen molar-refractivity contribution >= 4 is 23.8 Å². The first kappa shape index (κ1) is 10.2. The lowest BCUT2D eigenvalue weighted by Gasteiger charge is -1.97. The van der Waals surface area contributed by atoms with Gasteiger partial charge in [0.2, 0.25) is 0 Å². The predicted molar refractivity (Wildman–Crippen MR) is 31.5 cm³/mol. The third-order valence-corrected chi connectivity index (χ3v) is 0.701. The van der Waals surface area contributed by atoms with Crippen molar-refractivity contribution in [2.24, 2.45) is 0 Å². The number of carbonyl (C=O) groups excluding carboxylic acids is 1. The van der Waals surface area contributed by atoms with Gasteiger partial charge >= 0.3 is 11.9 Å². The number of aliphatic carboxylic acids is 1. The van der Waals surface area contributed by atoms with Gasteiger partial charge in [0.05, 0.1) is 0 Å². The van der Waals surface area contributed by atoms with Gasteiger partial charge in [0.25, 0.3) is 0 Å². The maximum absolute atomic E-state index is 10.1. The molecule has 7 heteroatoms. The normalized spacial score (nSPS) is 9.18. The molecule has 0 aromatic carbocycles. The molecular formula is C4H5ClO6. The molecule has 0 aliphatic carbocycles. The highest BCUT2D eigenvalue weighted by Crippen LogP contribution is 1.85. The third-order valence-electron chi connectivity index (χ3n) is 0.529. The summed E-state index contributed by atoms with van der Waals surface area (Å²) >= 11 is 4.59. The van der Waals surface area contributed by atoms with Crippen LogP contribution in [-0.2, 0) is 23.7 Å². The van der Waals surface area contributed by atoms with Crippen LogP contribution in [0, 0.1) is 0 Å². The van der Waals surface area contributed by atoms with Gasteiger partial charge in [-0.1, -0.05) is 0 Å². The quantitative estimate of drug-likeness (QED) is 0.359. The van der Waals surface area contributed by atoms with E-state index in [0.717, 1.165) is 0 Å². The van der Waals surface area contributed by atoms with Gasteiger partial charge in [-0.25, -0.2) is 19.4 Å². The van der Waals surface area contributed by atoms with Gasteiger partial charge in [-0.15, -0.1) is 0 Å². The summed E-state index contributed by atoms with van der Waals surface area (Å²) in [7, 11) is 0. The maximum atomic E-state index is 10.1. The fraction of sp³-hybridized carbons (Fsp3) is 0.500. The molecule has 0 heterocycles. The number of rotatable bonds is 5. The second-order valence-corrected chi connectivity index (χ2v) is 1.52. The van der Waals surface area contributed by atoms with Gasteiger partial charge in [0, 0.05) is 0 Å². The molecule has 0 aromatic heterocycles. The second-order valence-electron chi connectivity index (χ2n) is 1.37. The minimum atomic E-state index is -1.20. The highest BCUT2D eigenvalue weighted by atomic mass is 35.5. The summed E-state index contributed by atoms with van der Waals surface area (Å²) in [6.45, 7) is -1.19. The summed E-state index contributed by atoms with van der Waals surface area (Å²) in [5, 5.41) is 7.99. The Hall–Kier alpha value is -0.850. The van der Waals surface area contributed by atoms with E-state index in [1.807, 2.05) is 0 Å². The van der Waals surface area contributed by atoms with E-state index in [1.54, 1.807) is 0 Å². The van der Waals surface area contributed by atoms with Crippen molar-refractivity contribution in [1.29, 1.82) is 0 Å². The zero-order valence-corrected chi connectivity index (χ0v) is 6.04. The SMILES string of the molecule is O=C(O)COOCC(=O)OCl. The average Bonchev–Trinajstić information content (AvgIpc) is 1.97. The molecule has 1 N–H and O–H groups in total. The van der Waals surface area contributed by atoms with Gasteiger partial charge in [0.1, 0.15) is 11.9 Å². The molecule has 0 radical (unpaired) electrons. The zero-order valence-electron chi connectivity index (χ0n) is 5.28. The molecule has 0 atom stereocenters. The van der Waals surface area contributed by atoms with E-state index in [2.05, 4.69) is 25.9 Å². The summed E-state index contributed by atoms with van der Waals surface area (Å²) in [5.41, 5.74) is 0. The highest BCUT2D eigenvalue weighted by molar-refractivity contribution is 6.13. The molecule has 0 aromatic rings. The minimum Gasteiger partial charge on any atom is -0.479 e. The van der Waals surface area contributed by atoms with Crippen LogP contribution in [-0.4, -0.2) is 30.3 Å². The first-order valence-corrected chi connectivity index (χ1v) is 2.75. The van der Waals surface area contributed by atoms with Crippen molar-refractivity contribution < 1.29 is 28.8 Å². The van der Waals surface area contributed by atoms with Crippen molar-refractivity contribution in [3.8, 4) is 0 Å². The number of carbonyl (C=O) groups is 2. The number of carboxylic acids is 1. The minimum absolute atomic E-state index is 0.545. The topological polar surface area (TPSA) is 82.1 Å². The van der Waals surface area contributed by atoms with Crippen LogP contribution in [0.3, 0.4) is 0 Å². The van der Waals surface area contributed by atoms with Crippen LogP contribution in [0.25, 0.3) is 0 Å².